The molecule has 1 aliphatic rings. The zero-order valence-electron chi connectivity index (χ0n) is 15.6. The van der Waals surface area contributed by atoms with Crippen LogP contribution in [0.5, 0.6) is 0 Å². The van der Waals surface area contributed by atoms with Crippen LogP contribution >= 0.6 is 0 Å². The van der Waals surface area contributed by atoms with E-state index in [-0.39, 0.29) is 0 Å². The fourth-order valence-corrected chi connectivity index (χ4v) is 3.37. The van der Waals surface area contributed by atoms with Gasteiger partial charge < -0.3 is 20.4 Å². The van der Waals surface area contributed by atoms with E-state index >= 15 is 0 Å². The van der Waals surface area contributed by atoms with Crippen LogP contribution in [0.4, 0.5) is 11.6 Å². The third-order valence-electron chi connectivity index (χ3n) is 5.02. The molecule has 3 heterocycles. The zero-order chi connectivity index (χ0) is 18.9. The second kappa shape index (κ2) is 7.01. The van der Waals surface area contributed by atoms with Gasteiger partial charge in [0.05, 0.1) is 36.0 Å². The van der Waals surface area contributed by atoms with Gasteiger partial charge in [0.15, 0.2) is 0 Å². The van der Waals surface area contributed by atoms with Gasteiger partial charge in [0.25, 0.3) is 0 Å². The van der Waals surface area contributed by atoms with Gasteiger partial charge in [-0.15, -0.1) is 0 Å². The monoisotopic (exact) mass is 374 g/mol. The highest BCUT2D eigenvalue weighted by molar-refractivity contribution is 5.81. The smallest absolute Gasteiger partial charge is 0.201 e. The predicted octanol–water partition coefficient (Wildman–Crippen LogP) is 3.39. The van der Waals surface area contributed by atoms with Crippen molar-refractivity contribution in [3.8, 4) is 11.3 Å². The lowest BCUT2D eigenvalue weighted by atomic mass is 10.1. The van der Waals surface area contributed by atoms with Gasteiger partial charge in [-0.3, -0.25) is 4.68 Å². The number of aromatic amines is 1. The summed E-state index contributed by atoms with van der Waals surface area (Å²) < 4.78 is 7.09. The summed E-state index contributed by atoms with van der Waals surface area (Å²) in [7, 11) is 1.95. The quantitative estimate of drug-likeness (QED) is 0.482. The van der Waals surface area contributed by atoms with Crippen molar-refractivity contribution >= 4 is 22.7 Å². The fourth-order valence-electron chi connectivity index (χ4n) is 3.37. The molecule has 4 aromatic rings. The molecule has 7 heteroatoms. The maximum absolute atomic E-state index is 5.21. The van der Waals surface area contributed by atoms with E-state index in [9.17, 15) is 0 Å². The molecule has 0 spiro atoms. The first kappa shape index (κ1) is 16.8. The molecule has 0 amide bonds. The van der Waals surface area contributed by atoms with Gasteiger partial charge in [-0.05, 0) is 35.4 Å². The van der Waals surface area contributed by atoms with E-state index in [4.69, 9.17) is 4.74 Å². The predicted molar refractivity (Wildman–Crippen MR) is 110 cm³/mol. The normalized spacial score (nSPS) is 14.2. The van der Waals surface area contributed by atoms with E-state index < -0.39 is 0 Å². The molecule has 1 fully saturated rings. The Balaban J connectivity index is 1.25. The van der Waals surface area contributed by atoms with Crippen molar-refractivity contribution in [3.05, 3.63) is 60.3 Å². The minimum Gasteiger partial charge on any atom is -0.378 e. The Morgan fingerprint density at radius 2 is 2.00 bits per heavy atom. The molecule has 0 saturated carbocycles. The lowest BCUT2D eigenvalue weighted by molar-refractivity contribution is 0.0211. The molecule has 0 unspecified atom stereocenters. The Kier molecular flexibility index (Phi) is 4.21. The highest BCUT2D eigenvalue weighted by atomic mass is 16.5. The minimum absolute atomic E-state index is 0.410. The van der Waals surface area contributed by atoms with Crippen molar-refractivity contribution in [3.63, 3.8) is 0 Å². The van der Waals surface area contributed by atoms with Crippen molar-refractivity contribution in [2.75, 3.05) is 23.8 Å². The molecule has 0 aliphatic carbocycles. The summed E-state index contributed by atoms with van der Waals surface area (Å²) in [5, 5.41) is 11.1. The molecule has 5 rings (SSSR count). The lowest BCUT2D eigenvalue weighted by Gasteiger charge is -2.27. The van der Waals surface area contributed by atoms with Crippen molar-refractivity contribution < 1.29 is 4.74 Å². The van der Waals surface area contributed by atoms with Gasteiger partial charge in [0.2, 0.25) is 5.95 Å². The van der Waals surface area contributed by atoms with Crippen molar-refractivity contribution in [2.45, 2.75) is 12.6 Å². The zero-order valence-corrected chi connectivity index (χ0v) is 15.6. The molecule has 1 saturated heterocycles. The average Bonchev–Trinajstić information content (AvgIpc) is 3.29. The molecule has 142 valence electrons. The Hall–Kier alpha value is -3.32. The summed E-state index contributed by atoms with van der Waals surface area (Å²) in [6.45, 7) is 2.25. The van der Waals surface area contributed by atoms with Crippen LogP contribution in [0.2, 0.25) is 0 Å². The first-order valence-electron chi connectivity index (χ1n) is 9.40. The first-order valence-corrected chi connectivity index (χ1v) is 9.40. The van der Waals surface area contributed by atoms with E-state index in [0.29, 0.717) is 12.6 Å². The van der Waals surface area contributed by atoms with Gasteiger partial charge in [0, 0.05) is 25.5 Å². The Morgan fingerprint density at radius 3 is 2.71 bits per heavy atom. The van der Waals surface area contributed by atoms with Crippen LogP contribution in [0.15, 0.2) is 54.7 Å². The van der Waals surface area contributed by atoms with Crippen LogP contribution < -0.4 is 10.6 Å². The van der Waals surface area contributed by atoms with Gasteiger partial charge in [-0.1, -0.05) is 24.3 Å². The number of hydrogen-bond donors (Lipinski definition) is 3. The molecule has 1 aliphatic heterocycles. The Bertz CT molecular complexity index is 1090. The van der Waals surface area contributed by atoms with E-state index in [2.05, 4.69) is 62.1 Å². The largest absolute Gasteiger partial charge is 0.378 e. The molecule has 28 heavy (non-hydrogen) atoms. The van der Waals surface area contributed by atoms with Crippen LogP contribution in [0, 0.1) is 0 Å². The third kappa shape index (κ3) is 3.32. The van der Waals surface area contributed by atoms with Crippen LogP contribution in [0.25, 0.3) is 22.3 Å². The summed E-state index contributed by atoms with van der Waals surface area (Å²) in [6, 6.07) is 17.1. The fraction of sp³-hybridized carbons (Fsp3) is 0.238. The summed E-state index contributed by atoms with van der Waals surface area (Å²) in [5.74, 6) is 0.773. The standard InChI is InChI=1S/C21H22N6O/c1-27-20(8-9-23-27)15-4-2-14(3-5-15)11-22-21-25-18-7-6-16(10-19(18)26-21)24-17-12-28-13-17/h2-10,17,24H,11-13H2,1H3,(H2,22,25,26). The average molecular weight is 374 g/mol. The van der Waals surface area contributed by atoms with Gasteiger partial charge in [0.1, 0.15) is 0 Å². The number of ether oxygens (including phenoxy) is 1. The number of aryl methyl sites for hydroxylation is 1. The number of H-pyrrole nitrogens is 1. The summed E-state index contributed by atoms with van der Waals surface area (Å²) in [5.41, 5.74) is 6.50. The SMILES string of the molecule is Cn1nccc1-c1ccc(CNc2nc3ccc(NC4COC4)cc3[nH]2)cc1. The highest BCUT2D eigenvalue weighted by Gasteiger charge is 2.17. The summed E-state index contributed by atoms with van der Waals surface area (Å²) in [4.78, 5) is 7.97. The maximum Gasteiger partial charge on any atom is 0.201 e. The molecular weight excluding hydrogens is 352 g/mol. The van der Waals surface area contributed by atoms with E-state index in [1.165, 1.54) is 5.56 Å². The lowest BCUT2D eigenvalue weighted by Crippen LogP contribution is -2.40. The number of hydrogen-bond acceptors (Lipinski definition) is 5. The third-order valence-corrected chi connectivity index (χ3v) is 5.02. The van der Waals surface area contributed by atoms with Crippen molar-refractivity contribution in [2.24, 2.45) is 7.05 Å². The van der Waals surface area contributed by atoms with Crippen molar-refractivity contribution in [1.29, 1.82) is 0 Å². The second-order valence-corrected chi connectivity index (χ2v) is 7.09. The molecular formula is C21H22N6O. The minimum atomic E-state index is 0.410. The molecule has 3 N–H and O–H groups in total. The number of aromatic nitrogens is 4. The molecule has 0 bridgehead atoms. The van der Waals surface area contributed by atoms with Gasteiger partial charge in [-0.25, -0.2) is 4.98 Å². The molecule has 7 nitrogen and oxygen atoms in total. The Labute approximate surface area is 162 Å². The summed E-state index contributed by atoms with van der Waals surface area (Å²) in [6.07, 6.45) is 1.81. The van der Waals surface area contributed by atoms with Crippen LogP contribution in [0.3, 0.4) is 0 Å². The van der Waals surface area contributed by atoms with E-state index in [0.717, 1.165) is 47.1 Å². The van der Waals surface area contributed by atoms with E-state index in [1.807, 2.05) is 30.1 Å². The van der Waals surface area contributed by atoms with Crippen LogP contribution in [-0.2, 0) is 18.3 Å². The number of nitrogens with one attached hydrogen (secondary N) is 3. The van der Waals surface area contributed by atoms with E-state index in [1.54, 1.807) is 0 Å². The Morgan fingerprint density at radius 1 is 1.14 bits per heavy atom. The number of nitrogens with zero attached hydrogens (tertiary/aromatic N) is 3. The van der Waals surface area contributed by atoms with Gasteiger partial charge in [-0.2, -0.15) is 5.10 Å². The van der Waals surface area contributed by atoms with Crippen LogP contribution in [-0.4, -0.2) is 39.0 Å². The molecule has 2 aromatic carbocycles. The molecule has 0 atom stereocenters. The topological polar surface area (TPSA) is 79.8 Å². The summed E-state index contributed by atoms with van der Waals surface area (Å²) >= 11 is 0. The number of benzene rings is 2. The second-order valence-electron chi connectivity index (χ2n) is 7.09. The highest BCUT2D eigenvalue weighted by Crippen LogP contribution is 2.22. The number of imidazole rings is 1. The molecule has 2 aromatic heterocycles. The first-order chi connectivity index (χ1) is 13.7. The number of rotatable bonds is 6. The number of fused-ring (bicyclic) bond motifs is 1. The van der Waals surface area contributed by atoms with Gasteiger partial charge >= 0.3 is 0 Å². The maximum atomic E-state index is 5.21. The van der Waals surface area contributed by atoms with Crippen LogP contribution in [0.1, 0.15) is 5.56 Å². The van der Waals surface area contributed by atoms with Crippen molar-refractivity contribution in [1.82, 2.24) is 19.7 Å². The number of anilines is 2. The molecule has 0 radical (unpaired) electrons.